The second-order valence-corrected chi connectivity index (χ2v) is 8.86. The summed E-state index contributed by atoms with van der Waals surface area (Å²) in [5.74, 6) is -0.0135. The molecule has 2 aliphatic heterocycles. The summed E-state index contributed by atoms with van der Waals surface area (Å²) in [7, 11) is 3.33. The van der Waals surface area contributed by atoms with Crippen molar-refractivity contribution in [3.63, 3.8) is 0 Å². The lowest BCUT2D eigenvalue weighted by atomic mass is 9.88. The minimum absolute atomic E-state index is 0.00431. The number of methoxy groups -OCH3 is 2. The van der Waals surface area contributed by atoms with Crippen molar-refractivity contribution in [3.8, 4) is 0 Å². The van der Waals surface area contributed by atoms with Crippen molar-refractivity contribution in [2.24, 2.45) is 11.8 Å². The molecule has 0 radical (unpaired) electrons. The van der Waals surface area contributed by atoms with E-state index in [1.165, 1.54) is 0 Å². The maximum Gasteiger partial charge on any atom is 0.110 e. The summed E-state index contributed by atoms with van der Waals surface area (Å²) in [5.41, 5.74) is 0. The fourth-order valence-corrected chi connectivity index (χ4v) is 4.69. The van der Waals surface area contributed by atoms with Gasteiger partial charge in [-0.05, 0) is 40.5 Å². The lowest BCUT2D eigenvalue weighted by Gasteiger charge is -2.43. The zero-order chi connectivity index (χ0) is 24.3. The molecule has 0 aromatic rings. The van der Waals surface area contributed by atoms with E-state index in [0.29, 0.717) is 13.2 Å². The number of aliphatic hydroxyl groups is 2. The molecular weight excluding hydrogens is 416 g/mol. The minimum atomic E-state index is -0.0973. The van der Waals surface area contributed by atoms with E-state index in [2.05, 4.69) is 13.8 Å². The third-order valence-corrected chi connectivity index (χ3v) is 6.48. The Labute approximate surface area is 194 Å². The van der Waals surface area contributed by atoms with Gasteiger partial charge in [0.15, 0.2) is 0 Å². The molecule has 8 heteroatoms. The van der Waals surface area contributed by atoms with Gasteiger partial charge in [0, 0.05) is 39.3 Å². The van der Waals surface area contributed by atoms with Crippen molar-refractivity contribution in [2.45, 2.75) is 103 Å². The molecule has 0 spiro atoms. The van der Waals surface area contributed by atoms with Gasteiger partial charge in [0.05, 0.1) is 49.8 Å². The van der Waals surface area contributed by atoms with Gasteiger partial charge in [-0.25, -0.2) is 0 Å². The van der Waals surface area contributed by atoms with Gasteiger partial charge in [0.25, 0.3) is 0 Å². The van der Waals surface area contributed by atoms with E-state index in [1.54, 1.807) is 14.2 Å². The molecule has 0 bridgehead atoms. The molecule has 2 fully saturated rings. The molecule has 0 aliphatic carbocycles. The smallest absolute Gasteiger partial charge is 0.110 e. The molecule has 192 valence electrons. The summed E-state index contributed by atoms with van der Waals surface area (Å²) in [4.78, 5) is 0. The third kappa shape index (κ3) is 7.87. The van der Waals surface area contributed by atoms with Crippen LogP contribution in [0.15, 0.2) is 0 Å². The largest absolute Gasteiger partial charge is 0.396 e. The molecule has 2 N–H and O–H groups in total. The molecular formula is C24H48O8. The van der Waals surface area contributed by atoms with Crippen molar-refractivity contribution in [2.75, 3.05) is 40.6 Å². The van der Waals surface area contributed by atoms with Crippen LogP contribution >= 0.6 is 0 Å². The topological polar surface area (TPSA) is 95.8 Å². The van der Waals surface area contributed by atoms with Gasteiger partial charge in [-0.15, -0.1) is 0 Å². The SMILES string of the molecule is CCCO[C@H]1[C@@H](CO)[C@@H](C)O[C@@H](C)[C@@H]1OC.CCCO[C@H]1[C@@H](CO)[C@H](C)O[C@@H](C)[C@@H]1OC. The van der Waals surface area contributed by atoms with E-state index >= 15 is 0 Å². The molecule has 0 aromatic carbocycles. The molecule has 32 heavy (non-hydrogen) atoms. The highest BCUT2D eigenvalue weighted by Crippen LogP contribution is 2.30. The summed E-state index contributed by atoms with van der Waals surface area (Å²) in [6, 6.07) is 0. The molecule has 0 aromatic heterocycles. The summed E-state index contributed by atoms with van der Waals surface area (Å²) in [5, 5.41) is 18.8. The van der Waals surface area contributed by atoms with Crippen LogP contribution in [0.1, 0.15) is 54.4 Å². The Hall–Kier alpha value is -0.320. The summed E-state index contributed by atoms with van der Waals surface area (Å²) >= 11 is 0. The maximum absolute atomic E-state index is 9.42. The molecule has 10 atom stereocenters. The fraction of sp³-hybridized carbons (Fsp3) is 1.00. The van der Waals surface area contributed by atoms with E-state index < -0.39 is 0 Å². The molecule has 0 amide bonds. The standard InChI is InChI=1S/2C12H24O4/c2*1-5-6-15-12-10(7-13)8(2)16-9(3)11(12)14-4/h2*8-13H,5-7H2,1-4H3/t8-,9+,10+,11+,12+;8-,9-,10-,11-,12-/m10/s1. The first-order valence-corrected chi connectivity index (χ1v) is 12.1. The molecule has 0 unspecified atom stereocenters. The van der Waals surface area contributed by atoms with Crippen molar-refractivity contribution in [1.29, 1.82) is 0 Å². The second-order valence-electron chi connectivity index (χ2n) is 8.86. The van der Waals surface area contributed by atoms with Crippen LogP contribution < -0.4 is 0 Å². The van der Waals surface area contributed by atoms with E-state index in [9.17, 15) is 10.2 Å². The van der Waals surface area contributed by atoms with Gasteiger partial charge in [0.2, 0.25) is 0 Å². The Morgan fingerprint density at radius 2 is 0.938 bits per heavy atom. The molecule has 2 aliphatic rings. The first-order valence-electron chi connectivity index (χ1n) is 12.1. The Balaban J connectivity index is 0.000000320. The number of ether oxygens (including phenoxy) is 6. The molecule has 8 nitrogen and oxygen atoms in total. The van der Waals surface area contributed by atoms with Crippen LogP contribution in [0.4, 0.5) is 0 Å². The Bertz CT molecular complexity index is 405. The second kappa shape index (κ2) is 15.6. The van der Waals surface area contributed by atoms with Crippen LogP contribution in [0.5, 0.6) is 0 Å². The van der Waals surface area contributed by atoms with Gasteiger partial charge < -0.3 is 38.6 Å². The Kier molecular flexibility index (Phi) is 14.4. The molecule has 2 saturated heterocycles. The van der Waals surface area contributed by atoms with Crippen LogP contribution in [0, 0.1) is 11.8 Å². The number of rotatable bonds is 10. The number of hydrogen-bond acceptors (Lipinski definition) is 8. The van der Waals surface area contributed by atoms with E-state index in [1.807, 2.05) is 27.7 Å². The van der Waals surface area contributed by atoms with Crippen LogP contribution in [0.3, 0.4) is 0 Å². The zero-order valence-electron chi connectivity index (χ0n) is 21.4. The van der Waals surface area contributed by atoms with Gasteiger partial charge in [-0.1, -0.05) is 13.8 Å². The van der Waals surface area contributed by atoms with Crippen molar-refractivity contribution < 1.29 is 38.6 Å². The van der Waals surface area contributed by atoms with E-state index in [-0.39, 0.29) is 73.9 Å². The number of hydrogen-bond donors (Lipinski definition) is 2. The van der Waals surface area contributed by atoms with Crippen molar-refractivity contribution >= 4 is 0 Å². The lowest BCUT2D eigenvalue weighted by molar-refractivity contribution is -0.219. The average Bonchev–Trinajstić information content (AvgIpc) is 2.76. The monoisotopic (exact) mass is 464 g/mol. The van der Waals surface area contributed by atoms with Crippen LogP contribution in [-0.2, 0) is 28.4 Å². The summed E-state index contributed by atoms with van der Waals surface area (Å²) in [6.45, 7) is 13.6. The van der Waals surface area contributed by atoms with Gasteiger partial charge in [-0.2, -0.15) is 0 Å². The zero-order valence-corrected chi connectivity index (χ0v) is 21.4. The highest BCUT2D eigenvalue weighted by atomic mass is 16.6. The number of aliphatic hydroxyl groups excluding tert-OH is 2. The first kappa shape index (κ1) is 29.7. The fourth-order valence-electron chi connectivity index (χ4n) is 4.69. The predicted molar refractivity (Wildman–Crippen MR) is 123 cm³/mol. The van der Waals surface area contributed by atoms with Crippen molar-refractivity contribution in [1.82, 2.24) is 0 Å². The van der Waals surface area contributed by atoms with Gasteiger partial charge >= 0.3 is 0 Å². The summed E-state index contributed by atoms with van der Waals surface area (Å²) in [6.07, 6.45) is 1.61. The molecule has 2 rings (SSSR count). The normalized spacial score (nSPS) is 39.9. The summed E-state index contributed by atoms with van der Waals surface area (Å²) < 4.78 is 34.0. The quantitative estimate of drug-likeness (QED) is 0.509. The lowest BCUT2D eigenvalue weighted by Crippen LogP contribution is -2.55. The van der Waals surface area contributed by atoms with Gasteiger partial charge in [0.1, 0.15) is 12.2 Å². The Morgan fingerprint density at radius 1 is 0.594 bits per heavy atom. The average molecular weight is 465 g/mol. The maximum atomic E-state index is 9.42. The van der Waals surface area contributed by atoms with Crippen LogP contribution in [0.25, 0.3) is 0 Å². The highest BCUT2D eigenvalue weighted by Gasteiger charge is 2.44. The Morgan fingerprint density at radius 3 is 1.19 bits per heavy atom. The van der Waals surface area contributed by atoms with E-state index in [0.717, 1.165) is 12.8 Å². The highest BCUT2D eigenvalue weighted by molar-refractivity contribution is 4.91. The first-order chi connectivity index (χ1) is 15.3. The molecule has 2 heterocycles. The van der Waals surface area contributed by atoms with Crippen LogP contribution in [-0.4, -0.2) is 99.7 Å². The molecule has 0 saturated carbocycles. The third-order valence-electron chi connectivity index (χ3n) is 6.48. The minimum Gasteiger partial charge on any atom is -0.396 e. The van der Waals surface area contributed by atoms with Gasteiger partial charge in [-0.3, -0.25) is 0 Å². The predicted octanol–water partition coefficient (Wildman–Crippen LogP) is 2.42. The van der Waals surface area contributed by atoms with Crippen molar-refractivity contribution in [3.05, 3.63) is 0 Å². The van der Waals surface area contributed by atoms with Crippen LogP contribution in [0.2, 0.25) is 0 Å². The van der Waals surface area contributed by atoms with E-state index in [4.69, 9.17) is 28.4 Å².